The van der Waals surface area contributed by atoms with Crippen LogP contribution in [0.2, 0.25) is 54.7 Å². The summed E-state index contributed by atoms with van der Waals surface area (Å²) in [4.78, 5) is 0. The second kappa shape index (κ2) is 14.7. The van der Waals surface area contributed by atoms with Gasteiger partial charge in [0.2, 0.25) is 0 Å². The molecule has 0 radical (unpaired) electrons. The molecule has 2 unspecified atom stereocenters. The lowest BCUT2D eigenvalue weighted by Gasteiger charge is -2.63. The van der Waals surface area contributed by atoms with Gasteiger partial charge in [0.05, 0.1) is 0 Å². The van der Waals surface area contributed by atoms with E-state index in [2.05, 4.69) is 102 Å². The normalized spacial score (nSPS) is 26.4. The lowest BCUT2D eigenvalue weighted by atomic mass is 9.27. The van der Waals surface area contributed by atoms with E-state index < -0.39 is 16.6 Å². The van der Waals surface area contributed by atoms with Crippen LogP contribution in [-0.2, 0) is 8.85 Å². The van der Waals surface area contributed by atoms with Gasteiger partial charge in [-0.25, -0.2) is 0 Å². The average molecular weight is 607 g/mol. The summed E-state index contributed by atoms with van der Waals surface area (Å²) in [6.45, 7) is 37.4. The van der Waals surface area contributed by atoms with Crippen molar-refractivity contribution in [2.75, 3.05) is 0 Å². The van der Waals surface area contributed by atoms with Crippen LogP contribution < -0.4 is 0 Å². The van der Waals surface area contributed by atoms with Gasteiger partial charge in [0.1, 0.15) is 6.71 Å². The Labute approximate surface area is 262 Å². The summed E-state index contributed by atoms with van der Waals surface area (Å²) in [6.07, 6.45) is 16.8. The second-order valence-corrected chi connectivity index (χ2v) is 27.8. The van der Waals surface area contributed by atoms with Gasteiger partial charge >= 0.3 is 0 Å². The predicted molar refractivity (Wildman–Crippen MR) is 191 cm³/mol. The maximum absolute atomic E-state index is 6.98. The van der Waals surface area contributed by atoms with E-state index in [0.717, 1.165) is 30.3 Å². The fourth-order valence-corrected chi connectivity index (χ4v) is 10.8. The van der Waals surface area contributed by atoms with E-state index in [1.807, 2.05) is 0 Å². The molecule has 3 fully saturated rings. The maximum atomic E-state index is 6.98. The quantitative estimate of drug-likeness (QED) is 0.153. The van der Waals surface area contributed by atoms with Crippen molar-refractivity contribution in [1.29, 1.82) is 0 Å². The van der Waals surface area contributed by atoms with Crippen LogP contribution in [0.3, 0.4) is 0 Å². The van der Waals surface area contributed by atoms with Crippen molar-refractivity contribution < 1.29 is 8.85 Å². The van der Waals surface area contributed by atoms with Gasteiger partial charge in [-0.15, -0.1) is 0 Å². The molecule has 3 aliphatic carbocycles. The summed E-state index contributed by atoms with van der Waals surface area (Å²) < 4.78 is 14.0. The number of fused-ring (bicyclic) bond motifs is 2. The van der Waals surface area contributed by atoms with Crippen LogP contribution in [0.15, 0.2) is 0 Å². The molecule has 0 saturated heterocycles. The van der Waals surface area contributed by atoms with E-state index in [-0.39, 0.29) is 10.1 Å². The standard InChI is InChI=1S/C36H75BO2Si2/c1-16-20-30(38-40(12,13)34(4,5)6)22-18-24-37(33-27-29-26-32(28(33)3)36(29,10)11)25-19-23-31(21-17-2)39-41(14,15)35(7,8)9/h28-33H,16-27H2,1-15H3/t28?,29-,30-,31-,32+,33?/m0/s1. The zero-order valence-corrected chi connectivity index (χ0v) is 32.8. The lowest BCUT2D eigenvalue weighted by molar-refractivity contribution is -0.0992. The SMILES string of the molecule is CCC[C@@H](CCCB(CCC[C@H](CCC)O[Si](C)(C)C(C)(C)C)C1C[C@@H]2C[C@H](C1C)C2(C)C)O[Si](C)(C)C(C)(C)C. The topological polar surface area (TPSA) is 18.5 Å². The molecule has 41 heavy (non-hydrogen) atoms. The molecule has 3 aliphatic rings. The fraction of sp³-hybridized carbons (Fsp3) is 1.00. The van der Waals surface area contributed by atoms with Crippen LogP contribution in [0.5, 0.6) is 0 Å². The minimum atomic E-state index is -1.73. The Balaban J connectivity index is 2.09. The van der Waals surface area contributed by atoms with Gasteiger partial charge in [-0.05, 0) is 91.5 Å². The van der Waals surface area contributed by atoms with E-state index in [9.17, 15) is 0 Å². The first-order valence-electron chi connectivity index (χ1n) is 18.0. The Kier molecular flexibility index (Phi) is 13.5. The van der Waals surface area contributed by atoms with Gasteiger partial charge in [-0.2, -0.15) is 0 Å². The van der Waals surface area contributed by atoms with Crippen LogP contribution in [-0.4, -0.2) is 35.6 Å². The van der Waals surface area contributed by atoms with Crippen LogP contribution in [0.25, 0.3) is 0 Å². The van der Waals surface area contributed by atoms with Gasteiger partial charge in [0, 0.05) is 12.2 Å². The fourth-order valence-electron chi connectivity index (χ4n) is 7.95. The molecule has 0 heterocycles. The molecule has 0 aliphatic heterocycles. The average Bonchev–Trinajstić information content (AvgIpc) is 2.81. The molecule has 2 bridgehead atoms. The Hall–Kier alpha value is 0.419. The third kappa shape index (κ3) is 9.70. The number of rotatable bonds is 17. The third-order valence-corrected chi connectivity index (χ3v) is 22.0. The summed E-state index contributed by atoms with van der Waals surface area (Å²) in [5.41, 5.74) is 0.576. The van der Waals surface area contributed by atoms with Gasteiger partial charge < -0.3 is 8.85 Å². The molecule has 3 saturated carbocycles. The van der Waals surface area contributed by atoms with Crippen LogP contribution in [0, 0.1) is 23.2 Å². The summed E-state index contributed by atoms with van der Waals surface area (Å²) in [5.74, 6) is 3.70. The van der Waals surface area contributed by atoms with E-state index in [0.29, 0.717) is 17.6 Å². The summed E-state index contributed by atoms with van der Waals surface area (Å²) in [6, 6.07) is 0. The first-order valence-corrected chi connectivity index (χ1v) is 23.8. The molecule has 242 valence electrons. The number of hydrogen-bond donors (Lipinski definition) is 0. The van der Waals surface area contributed by atoms with E-state index in [1.54, 1.807) is 0 Å². The minimum absolute atomic E-state index is 0.286. The van der Waals surface area contributed by atoms with Crippen LogP contribution in [0.1, 0.15) is 140 Å². The molecule has 6 atom stereocenters. The lowest BCUT2D eigenvalue weighted by Crippen LogP contribution is -2.55. The van der Waals surface area contributed by atoms with Crippen molar-refractivity contribution in [3.05, 3.63) is 0 Å². The Bertz CT molecular complexity index is 737. The van der Waals surface area contributed by atoms with E-state index in [4.69, 9.17) is 8.85 Å². The summed E-state index contributed by atoms with van der Waals surface area (Å²) in [7, 11) is -3.46. The maximum Gasteiger partial charge on any atom is 0.192 e. The molecule has 5 heteroatoms. The van der Waals surface area contributed by atoms with Crippen molar-refractivity contribution >= 4 is 23.3 Å². The highest BCUT2D eigenvalue weighted by Crippen LogP contribution is 2.65. The Morgan fingerprint density at radius 1 is 0.732 bits per heavy atom. The zero-order chi connectivity index (χ0) is 31.4. The highest BCUT2D eigenvalue weighted by Gasteiger charge is 2.57. The van der Waals surface area contributed by atoms with Gasteiger partial charge in [0.15, 0.2) is 16.6 Å². The smallest absolute Gasteiger partial charge is 0.192 e. The van der Waals surface area contributed by atoms with Gasteiger partial charge in [0.25, 0.3) is 0 Å². The highest BCUT2D eigenvalue weighted by molar-refractivity contribution is 6.74. The molecule has 0 amide bonds. The molecular weight excluding hydrogens is 531 g/mol. The highest BCUT2D eigenvalue weighted by atomic mass is 28.4. The third-order valence-electron chi connectivity index (χ3n) is 13.0. The Morgan fingerprint density at radius 2 is 1.15 bits per heavy atom. The molecule has 2 nitrogen and oxygen atoms in total. The number of hydrogen-bond acceptors (Lipinski definition) is 2. The first-order chi connectivity index (χ1) is 18.7. The van der Waals surface area contributed by atoms with E-state index in [1.165, 1.54) is 76.8 Å². The summed E-state index contributed by atoms with van der Waals surface area (Å²) in [5, 5.41) is 0.572. The minimum Gasteiger partial charge on any atom is -0.414 e. The van der Waals surface area contributed by atoms with E-state index >= 15 is 0 Å². The molecule has 0 aromatic heterocycles. The van der Waals surface area contributed by atoms with Gasteiger partial charge in [-0.3, -0.25) is 0 Å². The van der Waals surface area contributed by atoms with Crippen molar-refractivity contribution in [3.8, 4) is 0 Å². The second-order valence-electron chi connectivity index (χ2n) is 18.3. The largest absolute Gasteiger partial charge is 0.414 e. The monoisotopic (exact) mass is 607 g/mol. The van der Waals surface area contributed by atoms with Crippen molar-refractivity contribution in [2.24, 2.45) is 23.2 Å². The van der Waals surface area contributed by atoms with Crippen LogP contribution in [0.4, 0.5) is 0 Å². The molecular formula is C36H75BO2Si2. The predicted octanol–water partition coefficient (Wildman–Crippen LogP) is 12.5. The molecule has 0 aromatic carbocycles. The molecule has 3 rings (SSSR count). The van der Waals surface area contributed by atoms with Gasteiger partial charge in [-0.1, -0.05) is 127 Å². The van der Waals surface area contributed by atoms with Crippen molar-refractivity contribution in [2.45, 2.75) is 207 Å². The van der Waals surface area contributed by atoms with Crippen molar-refractivity contribution in [3.63, 3.8) is 0 Å². The van der Waals surface area contributed by atoms with Crippen LogP contribution >= 0.6 is 0 Å². The first kappa shape index (κ1) is 37.6. The molecule has 0 spiro atoms. The zero-order valence-electron chi connectivity index (χ0n) is 30.8. The Morgan fingerprint density at radius 3 is 1.46 bits per heavy atom. The molecule has 0 aromatic rings. The summed E-state index contributed by atoms with van der Waals surface area (Å²) >= 11 is 0. The molecule has 0 N–H and O–H groups in total. The van der Waals surface area contributed by atoms with Crippen molar-refractivity contribution in [1.82, 2.24) is 0 Å².